The molecule has 3 aromatic heterocycles. The van der Waals surface area contributed by atoms with E-state index in [0.717, 1.165) is 35.7 Å². The van der Waals surface area contributed by atoms with Crippen LogP contribution in [0.3, 0.4) is 0 Å². The SMILES string of the molecule is Cc1nc2ccc(Cl)cn2c1[C@@H]1NCCc2[nH]cnc21. The van der Waals surface area contributed by atoms with Gasteiger partial charge in [0.25, 0.3) is 0 Å². The highest BCUT2D eigenvalue weighted by molar-refractivity contribution is 6.30. The fourth-order valence-corrected chi connectivity index (χ4v) is 3.11. The lowest BCUT2D eigenvalue weighted by Crippen LogP contribution is -2.32. The first-order chi connectivity index (χ1) is 9.74. The van der Waals surface area contributed by atoms with E-state index in [1.54, 1.807) is 6.33 Å². The molecule has 1 aliphatic heterocycles. The Morgan fingerprint density at radius 2 is 2.30 bits per heavy atom. The van der Waals surface area contributed by atoms with E-state index in [1.165, 1.54) is 5.69 Å². The van der Waals surface area contributed by atoms with Crippen LogP contribution in [0.1, 0.15) is 28.8 Å². The number of hydrogen-bond donors (Lipinski definition) is 2. The molecule has 0 saturated carbocycles. The number of hydrogen-bond acceptors (Lipinski definition) is 3. The van der Waals surface area contributed by atoms with Gasteiger partial charge in [-0.05, 0) is 19.1 Å². The Bertz CT molecular complexity index is 788. The third-order valence-corrected chi connectivity index (χ3v) is 4.05. The zero-order chi connectivity index (χ0) is 13.7. The van der Waals surface area contributed by atoms with Gasteiger partial charge < -0.3 is 14.7 Å². The maximum absolute atomic E-state index is 6.13. The molecule has 0 aromatic carbocycles. The summed E-state index contributed by atoms with van der Waals surface area (Å²) in [6.45, 7) is 2.95. The third kappa shape index (κ3) is 1.67. The minimum absolute atomic E-state index is 0.0541. The molecule has 1 atom stereocenters. The van der Waals surface area contributed by atoms with Gasteiger partial charge >= 0.3 is 0 Å². The van der Waals surface area contributed by atoms with Gasteiger partial charge in [-0.25, -0.2) is 9.97 Å². The number of aromatic amines is 1. The van der Waals surface area contributed by atoms with Gasteiger partial charge in [0.1, 0.15) is 5.65 Å². The smallest absolute Gasteiger partial charge is 0.137 e. The molecule has 102 valence electrons. The number of rotatable bonds is 1. The molecule has 0 aliphatic carbocycles. The minimum Gasteiger partial charge on any atom is -0.348 e. The second kappa shape index (κ2) is 4.33. The highest BCUT2D eigenvalue weighted by atomic mass is 35.5. The Morgan fingerprint density at radius 1 is 1.40 bits per heavy atom. The average Bonchev–Trinajstić information content (AvgIpc) is 3.02. The molecule has 3 aromatic rings. The molecule has 5 nitrogen and oxygen atoms in total. The largest absolute Gasteiger partial charge is 0.348 e. The molecule has 0 fully saturated rings. The van der Waals surface area contributed by atoms with Gasteiger partial charge in [-0.15, -0.1) is 0 Å². The highest BCUT2D eigenvalue weighted by Crippen LogP contribution is 2.29. The zero-order valence-corrected chi connectivity index (χ0v) is 11.8. The summed E-state index contributed by atoms with van der Waals surface area (Å²) in [5, 5.41) is 4.23. The summed E-state index contributed by atoms with van der Waals surface area (Å²) >= 11 is 6.13. The molecular formula is C14H14ClN5. The number of imidazole rings is 2. The van der Waals surface area contributed by atoms with Gasteiger partial charge in [0.15, 0.2) is 0 Å². The lowest BCUT2D eigenvalue weighted by Gasteiger charge is -2.23. The maximum atomic E-state index is 6.13. The van der Waals surface area contributed by atoms with E-state index >= 15 is 0 Å². The number of nitrogens with one attached hydrogen (secondary N) is 2. The number of H-pyrrole nitrogens is 1. The molecule has 0 unspecified atom stereocenters. The fraction of sp³-hybridized carbons (Fsp3) is 0.286. The van der Waals surface area contributed by atoms with Crippen LogP contribution in [0.2, 0.25) is 5.02 Å². The van der Waals surface area contributed by atoms with E-state index in [-0.39, 0.29) is 6.04 Å². The zero-order valence-electron chi connectivity index (χ0n) is 11.0. The number of halogens is 1. The number of pyridine rings is 1. The Hall–Kier alpha value is -1.85. The van der Waals surface area contributed by atoms with E-state index in [9.17, 15) is 0 Å². The molecule has 2 N–H and O–H groups in total. The van der Waals surface area contributed by atoms with Crippen LogP contribution in [0.25, 0.3) is 5.65 Å². The van der Waals surface area contributed by atoms with Crippen LogP contribution in [-0.2, 0) is 6.42 Å². The lowest BCUT2D eigenvalue weighted by atomic mass is 10.0. The van der Waals surface area contributed by atoms with Crippen molar-refractivity contribution in [3.05, 3.63) is 52.5 Å². The topological polar surface area (TPSA) is 58.0 Å². The third-order valence-electron chi connectivity index (χ3n) is 3.83. The van der Waals surface area contributed by atoms with E-state index in [1.807, 2.05) is 25.3 Å². The first kappa shape index (κ1) is 11.9. The van der Waals surface area contributed by atoms with Crippen molar-refractivity contribution in [1.82, 2.24) is 24.7 Å². The summed E-state index contributed by atoms with van der Waals surface area (Å²) in [6, 6.07) is 3.85. The van der Waals surface area contributed by atoms with Crippen LogP contribution in [0.5, 0.6) is 0 Å². The first-order valence-electron chi connectivity index (χ1n) is 6.63. The van der Waals surface area contributed by atoms with Gasteiger partial charge in [-0.1, -0.05) is 11.6 Å². The van der Waals surface area contributed by atoms with E-state index in [2.05, 4.69) is 24.7 Å². The summed E-state index contributed by atoms with van der Waals surface area (Å²) in [5.74, 6) is 0. The van der Waals surface area contributed by atoms with E-state index in [0.29, 0.717) is 5.02 Å². The lowest BCUT2D eigenvalue weighted by molar-refractivity contribution is 0.538. The van der Waals surface area contributed by atoms with E-state index < -0.39 is 0 Å². The van der Waals surface area contributed by atoms with Crippen molar-refractivity contribution in [2.75, 3.05) is 6.54 Å². The molecule has 0 saturated heterocycles. The molecule has 0 spiro atoms. The second-order valence-electron chi connectivity index (χ2n) is 5.06. The first-order valence-corrected chi connectivity index (χ1v) is 7.01. The summed E-state index contributed by atoms with van der Waals surface area (Å²) in [6.07, 6.45) is 4.65. The Balaban J connectivity index is 1.96. The van der Waals surface area contributed by atoms with E-state index in [4.69, 9.17) is 11.6 Å². The number of fused-ring (bicyclic) bond motifs is 2. The summed E-state index contributed by atoms with van der Waals surface area (Å²) in [7, 11) is 0. The molecule has 4 heterocycles. The Labute approximate surface area is 121 Å². The van der Waals surface area contributed by atoms with Crippen LogP contribution < -0.4 is 5.32 Å². The molecule has 4 rings (SSSR count). The van der Waals surface area contributed by atoms with Crippen molar-refractivity contribution in [3.8, 4) is 0 Å². The quantitative estimate of drug-likeness (QED) is 0.722. The molecule has 1 aliphatic rings. The predicted molar refractivity (Wildman–Crippen MR) is 77.1 cm³/mol. The normalized spacial score (nSPS) is 18.4. The van der Waals surface area contributed by atoms with Crippen molar-refractivity contribution < 1.29 is 0 Å². The van der Waals surface area contributed by atoms with Crippen molar-refractivity contribution in [2.24, 2.45) is 0 Å². The molecule has 0 radical (unpaired) electrons. The minimum atomic E-state index is 0.0541. The van der Waals surface area contributed by atoms with Gasteiger partial charge in [-0.3, -0.25) is 0 Å². The van der Waals surface area contributed by atoms with Crippen molar-refractivity contribution in [3.63, 3.8) is 0 Å². The van der Waals surface area contributed by atoms with Crippen LogP contribution in [-0.4, -0.2) is 25.9 Å². The van der Waals surface area contributed by atoms with Crippen molar-refractivity contribution >= 4 is 17.2 Å². The monoisotopic (exact) mass is 287 g/mol. The predicted octanol–water partition coefficient (Wildman–Crippen LogP) is 2.25. The van der Waals surface area contributed by atoms with Gasteiger partial charge in [0.05, 0.1) is 34.5 Å². The standard InChI is InChI=1S/C14H14ClN5/c1-8-14(20-6-9(15)2-3-11(20)19-8)13-12-10(4-5-16-13)17-7-18-12/h2-3,6-7,13,16H,4-5H2,1H3,(H,17,18)/t13-/m1/s1. The van der Waals surface area contributed by atoms with Gasteiger partial charge in [0.2, 0.25) is 0 Å². The summed E-state index contributed by atoms with van der Waals surface area (Å²) < 4.78 is 2.05. The maximum Gasteiger partial charge on any atom is 0.137 e. The number of nitrogens with zero attached hydrogens (tertiary/aromatic N) is 3. The molecule has 0 bridgehead atoms. The van der Waals surface area contributed by atoms with Crippen LogP contribution in [0.4, 0.5) is 0 Å². The Kier molecular flexibility index (Phi) is 2.58. The molecule has 20 heavy (non-hydrogen) atoms. The number of aryl methyl sites for hydroxylation is 1. The van der Waals surface area contributed by atoms with Gasteiger partial charge in [0, 0.05) is 24.9 Å². The second-order valence-corrected chi connectivity index (χ2v) is 5.50. The summed E-state index contributed by atoms with van der Waals surface area (Å²) in [5.41, 5.74) is 5.27. The highest BCUT2D eigenvalue weighted by Gasteiger charge is 2.28. The van der Waals surface area contributed by atoms with Crippen molar-refractivity contribution in [2.45, 2.75) is 19.4 Å². The average molecular weight is 288 g/mol. The van der Waals surface area contributed by atoms with Gasteiger partial charge in [-0.2, -0.15) is 0 Å². The molecular weight excluding hydrogens is 274 g/mol. The number of aromatic nitrogens is 4. The van der Waals surface area contributed by atoms with Crippen molar-refractivity contribution in [1.29, 1.82) is 0 Å². The molecule has 6 heteroatoms. The molecule has 0 amide bonds. The fourth-order valence-electron chi connectivity index (χ4n) is 2.95. The van der Waals surface area contributed by atoms with Crippen LogP contribution >= 0.6 is 11.6 Å². The summed E-state index contributed by atoms with van der Waals surface area (Å²) in [4.78, 5) is 12.3. The van der Waals surface area contributed by atoms with Crippen LogP contribution in [0, 0.1) is 6.92 Å². The Morgan fingerprint density at radius 3 is 3.20 bits per heavy atom. The van der Waals surface area contributed by atoms with Crippen LogP contribution in [0.15, 0.2) is 24.7 Å².